The third kappa shape index (κ3) is 9.85. The average molecular weight is 141 g/mol. The van der Waals surface area contributed by atoms with E-state index in [2.05, 4.69) is 17.5 Å². The normalized spacial score (nSPS) is 7.88. The Morgan fingerprint density at radius 3 is 2.00 bits per heavy atom. The van der Waals surface area contributed by atoms with Crippen LogP contribution in [0.1, 0.15) is 13.8 Å². The van der Waals surface area contributed by atoms with E-state index in [0.29, 0.717) is 0 Å². The topological polar surface area (TPSA) is 35.1 Å². The molecule has 42 valence electrons. The molecule has 0 atom stereocenters. The molecule has 0 amide bonds. The first kappa shape index (κ1) is 11.5. The van der Waals surface area contributed by atoms with Gasteiger partial charge in [0.05, 0.1) is 0 Å². The summed E-state index contributed by atoms with van der Waals surface area (Å²) >= 11 is 4.21. The van der Waals surface area contributed by atoms with Crippen molar-refractivity contribution < 1.29 is 34.7 Å². The van der Waals surface area contributed by atoms with Crippen LogP contribution in [0.25, 0.3) is 0 Å². The van der Waals surface area contributed by atoms with E-state index in [-0.39, 0.29) is 40.8 Å². The maximum Gasteiger partial charge on any atom is 1.00 e. The van der Waals surface area contributed by atoms with E-state index in [0.717, 1.165) is 0 Å². The zero-order valence-electron chi connectivity index (χ0n) is 5.39. The van der Waals surface area contributed by atoms with Gasteiger partial charge in [-0.05, 0) is 13.8 Å². The fraction of sp³-hybridized carbons (Fsp3) is 0.750. The molecule has 0 saturated carbocycles. The summed E-state index contributed by atoms with van der Waals surface area (Å²) in [6.45, 7) is 3.73. The number of rotatable bonds is 1. The summed E-state index contributed by atoms with van der Waals surface area (Å²) in [5.41, 5.74) is 0. The van der Waals surface area contributed by atoms with Gasteiger partial charge in [0.25, 0.3) is 0 Å². The van der Waals surface area contributed by atoms with Gasteiger partial charge >= 0.3 is 29.6 Å². The summed E-state index contributed by atoms with van der Waals surface area (Å²) in [5.74, 6) is 0. The van der Waals surface area contributed by atoms with Crippen molar-refractivity contribution in [2.24, 2.45) is 0 Å². The second-order valence-corrected chi connectivity index (χ2v) is 1.96. The second kappa shape index (κ2) is 5.82. The van der Waals surface area contributed by atoms with Gasteiger partial charge in [-0.3, -0.25) is 0 Å². The van der Waals surface area contributed by atoms with Crippen LogP contribution in [0.4, 0.5) is 0 Å². The van der Waals surface area contributed by atoms with Crippen molar-refractivity contribution in [2.75, 3.05) is 0 Å². The Morgan fingerprint density at radius 1 is 1.62 bits per heavy atom. The first-order valence-corrected chi connectivity index (χ1v) is 2.51. The molecule has 0 saturated heterocycles. The van der Waals surface area contributed by atoms with Crippen molar-refractivity contribution in [3.8, 4) is 0 Å². The average Bonchev–Trinajstić information content (AvgIpc) is 1.27. The molecule has 1 N–H and O–H groups in total. The minimum Gasteiger partial charge on any atom is -0.852 e. The molecular formula is C4H8NNaOS. The van der Waals surface area contributed by atoms with Gasteiger partial charge in [0, 0.05) is 11.2 Å². The fourth-order valence-electron chi connectivity index (χ4n) is 0.236. The van der Waals surface area contributed by atoms with Gasteiger partial charge in [-0.2, -0.15) is 0 Å². The van der Waals surface area contributed by atoms with Gasteiger partial charge in [-0.1, -0.05) is 12.2 Å². The summed E-state index contributed by atoms with van der Waals surface area (Å²) in [4.78, 5) is 0. The number of thiocarbonyl (C=S) groups is 1. The summed E-state index contributed by atoms with van der Waals surface area (Å²) in [6.07, 6.45) is 0. The van der Waals surface area contributed by atoms with Crippen LogP contribution in [0.5, 0.6) is 0 Å². The Balaban J connectivity index is 0. The van der Waals surface area contributed by atoms with Crippen LogP contribution in [0.15, 0.2) is 0 Å². The molecule has 0 spiro atoms. The molecule has 0 fully saturated rings. The van der Waals surface area contributed by atoms with Gasteiger partial charge in [-0.25, -0.2) is 0 Å². The van der Waals surface area contributed by atoms with Crippen molar-refractivity contribution in [3.05, 3.63) is 0 Å². The molecule has 8 heavy (non-hydrogen) atoms. The van der Waals surface area contributed by atoms with E-state index in [4.69, 9.17) is 0 Å². The number of nitrogens with one attached hydrogen (secondary N) is 1. The monoisotopic (exact) mass is 141 g/mol. The van der Waals surface area contributed by atoms with Crippen molar-refractivity contribution in [2.45, 2.75) is 19.9 Å². The van der Waals surface area contributed by atoms with Crippen molar-refractivity contribution in [1.29, 1.82) is 0 Å². The van der Waals surface area contributed by atoms with Crippen molar-refractivity contribution in [3.63, 3.8) is 0 Å². The molecule has 0 aromatic rings. The summed E-state index contributed by atoms with van der Waals surface area (Å²) in [7, 11) is 0. The van der Waals surface area contributed by atoms with Crippen LogP contribution in [0.2, 0.25) is 0 Å². The summed E-state index contributed by atoms with van der Waals surface area (Å²) in [6, 6.07) is 0.171. The van der Waals surface area contributed by atoms with Gasteiger partial charge < -0.3 is 10.4 Å². The molecule has 4 heteroatoms. The maximum absolute atomic E-state index is 9.96. The first-order chi connectivity index (χ1) is 3.13. The van der Waals surface area contributed by atoms with E-state index in [1.165, 1.54) is 0 Å². The van der Waals surface area contributed by atoms with Crippen LogP contribution >= 0.6 is 12.2 Å². The van der Waals surface area contributed by atoms with Gasteiger partial charge in [-0.15, -0.1) is 0 Å². The van der Waals surface area contributed by atoms with Gasteiger partial charge in [0.1, 0.15) is 0 Å². The Hall–Kier alpha value is 0.690. The molecular weight excluding hydrogens is 133 g/mol. The van der Waals surface area contributed by atoms with Gasteiger partial charge in [0.15, 0.2) is 0 Å². The van der Waals surface area contributed by atoms with Crippen molar-refractivity contribution >= 4 is 17.4 Å². The summed E-state index contributed by atoms with van der Waals surface area (Å²) in [5, 5.41) is 12.1. The van der Waals surface area contributed by atoms with E-state index in [1.54, 1.807) is 0 Å². The van der Waals surface area contributed by atoms with E-state index in [1.807, 2.05) is 13.8 Å². The minimum absolute atomic E-state index is 0. The van der Waals surface area contributed by atoms with Crippen molar-refractivity contribution in [1.82, 2.24) is 5.32 Å². The SMILES string of the molecule is CC(C)NC([O-])=S.[Na+]. The van der Waals surface area contributed by atoms with E-state index < -0.39 is 0 Å². The molecule has 0 bridgehead atoms. The molecule has 0 aliphatic heterocycles. The quantitative estimate of drug-likeness (QED) is 0.306. The van der Waals surface area contributed by atoms with E-state index in [9.17, 15) is 5.11 Å². The predicted molar refractivity (Wildman–Crippen MR) is 30.9 cm³/mol. The van der Waals surface area contributed by atoms with Crippen LogP contribution in [-0.4, -0.2) is 11.2 Å². The molecule has 0 aliphatic rings. The predicted octanol–water partition coefficient (Wildman–Crippen LogP) is -3.37. The molecule has 0 rings (SSSR count). The first-order valence-electron chi connectivity index (χ1n) is 2.10. The molecule has 0 aliphatic carbocycles. The fourth-order valence-corrected chi connectivity index (χ4v) is 0.471. The molecule has 2 nitrogen and oxygen atoms in total. The van der Waals surface area contributed by atoms with Crippen LogP contribution in [0.3, 0.4) is 0 Å². The third-order valence-electron chi connectivity index (χ3n) is 0.407. The van der Waals surface area contributed by atoms with Crippen LogP contribution in [-0.2, 0) is 0 Å². The Labute approximate surface area is 77.0 Å². The third-order valence-corrected chi connectivity index (χ3v) is 0.524. The number of hydrogen-bond donors (Lipinski definition) is 1. The second-order valence-electron chi connectivity index (χ2n) is 1.59. The molecule has 0 unspecified atom stereocenters. The molecule has 0 aromatic heterocycles. The van der Waals surface area contributed by atoms with E-state index >= 15 is 0 Å². The zero-order chi connectivity index (χ0) is 5.86. The Morgan fingerprint density at radius 2 is 2.00 bits per heavy atom. The maximum atomic E-state index is 9.96. The van der Waals surface area contributed by atoms with Gasteiger partial charge in [0.2, 0.25) is 0 Å². The largest absolute Gasteiger partial charge is 1.00 e. The van der Waals surface area contributed by atoms with Crippen LogP contribution < -0.4 is 40.0 Å². The molecule has 0 radical (unpaired) electrons. The summed E-state index contributed by atoms with van der Waals surface area (Å²) < 4.78 is 0. The molecule has 0 heterocycles. The minimum atomic E-state index is -0.380. The zero-order valence-corrected chi connectivity index (χ0v) is 8.21. The molecule has 0 aromatic carbocycles. The standard InChI is InChI=1S/C4H9NOS.Na/c1-3(2)5-4(6)7;/h3H,1-2H3,(H2,5,6,7);/q;+1/p-1. The smallest absolute Gasteiger partial charge is 0.852 e. The number of hydrogen-bond acceptors (Lipinski definition) is 2. The Kier molecular flexibility index (Phi) is 8.35. The Bertz CT molecular complexity index is 76.4. The van der Waals surface area contributed by atoms with Crippen LogP contribution in [0, 0.1) is 0 Å².